The van der Waals surface area contributed by atoms with Crippen LogP contribution in [0.1, 0.15) is 41.5 Å². The van der Waals surface area contributed by atoms with Gasteiger partial charge in [-0.25, -0.2) is 4.79 Å². The molecule has 0 aromatic carbocycles. The highest BCUT2D eigenvalue weighted by Gasteiger charge is 2.27. The third-order valence-corrected chi connectivity index (χ3v) is 2.56. The van der Waals surface area contributed by atoms with Crippen molar-refractivity contribution in [2.24, 2.45) is 5.41 Å². The van der Waals surface area contributed by atoms with E-state index in [1.807, 2.05) is 27.8 Å². The number of likely N-dealkylation sites (N-methyl/N-ethyl adjacent to an activating group) is 2. The van der Waals surface area contributed by atoms with Crippen LogP contribution in [0.2, 0.25) is 0 Å². The topological polar surface area (TPSA) is 41.6 Å². The average Bonchev–Trinajstić information content (AvgIpc) is 2.08. The van der Waals surface area contributed by atoms with E-state index < -0.39 is 5.60 Å². The minimum atomic E-state index is -0.442. The smallest absolute Gasteiger partial charge is 0.410 e. The molecule has 0 fully saturated rings. The summed E-state index contributed by atoms with van der Waals surface area (Å²) in [5, 5.41) is 3.24. The van der Waals surface area contributed by atoms with Crippen LogP contribution in [-0.4, -0.2) is 43.3 Å². The van der Waals surface area contributed by atoms with Crippen LogP contribution in [-0.2, 0) is 4.74 Å². The monoisotopic (exact) mass is 244 g/mol. The van der Waals surface area contributed by atoms with Gasteiger partial charge in [-0.1, -0.05) is 20.8 Å². The molecule has 0 saturated carbocycles. The van der Waals surface area contributed by atoms with E-state index in [0.29, 0.717) is 6.54 Å². The number of amides is 1. The predicted octanol–water partition coefficient (Wildman–Crippen LogP) is 2.49. The van der Waals surface area contributed by atoms with E-state index in [9.17, 15) is 4.79 Å². The van der Waals surface area contributed by atoms with Gasteiger partial charge in [0.1, 0.15) is 5.60 Å². The first kappa shape index (κ1) is 16.2. The van der Waals surface area contributed by atoms with Crippen molar-refractivity contribution in [2.75, 3.05) is 20.6 Å². The highest BCUT2D eigenvalue weighted by molar-refractivity contribution is 5.67. The number of carbonyl (C=O) groups excluding carboxylic acids is 1. The summed E-state index contributed by atoms with van der Waals surface area (Å²) in [5.74, 6) is 0. The molecule has 0 aromatic rings. The highest BCUT2D eigenvalue weighted by atomic mass is 16.6. The fraction of sp³-hybridized carbons (Fsp3) is 0.923. The van der Waals surface area contributed by atoms with Crippen molar-refractivity contribution in [3.63, 3.8) is 0 Å². The molecule has 0 saturated heterocycles. The Morgan fingerprint density at radius 2 is 1.71 bits per heavy atom. The summed E-state index contributed by atoms with van der Waals surface area (Å²) in [4.78, 5) is 13.4. The van der Waals surface area contributed by atoms with Crippen LogP contribution in [0.25, 0.3) is 0 Å². The van der Waals surface area contributed by atoms with Crippen LogP contribution < -0.4 is 5.32 Å². The summed E-state index contributed by atoms with van der Waals surface area (Å²) in [6.45, 7) is 12.7. The Hall–Kier alpha value is -0.770. The molecule has 4 nitrogen and oxygen atoms in total. The van der Waals surface area contributed by atoms with Crippen molar-refractivity contribution in [1.29, 1.82) is 0 Å². The van der Waals surface area contributed by atoms with Crippen LogP contribution in [0.4, 0.5) is 4.79 Å². The molecule has 0 aliphatic rings. The van der Waals surface area contributed by atoms with E-state index in [0.717, 1.165) is 0 Å². The predicted molar refractivity (Wildman–Crippen MR) is 71.2 cm³/mol. The van der Waals surface area contributed by atoms with Gasteiger partial charge in [0.25, 0.3) is 0 Å². The number of rotatable bonds is 3. The number of nitrogens with zero attached hydrogens (tertiary/aromatic N) is 1. The fourth-order valence-electron chi connectivity index (χ4n) is 1.49. The average molecular weight is 244 g/mol. The van der Waals surface area contributed by atoms with Crippen molar-refractivity contribution in [3.05, 3.63) is 0 Å². The normalized spacial score (nSPS) is 14.4. The maximum absolute atomic E-state index is 11.8. The van der Waals surface area contributed by atoms with E-state index >= 15 is 0 Å². The first-order valence-electron chi connectivity index (χ1n) is 6.09. The summed E-state index contributed by atoms with van der Waals surface area (Å²) in [6.07, 6.45) is -0.276. The molecule has 0 aromatic heterocycles. The number of nitrogens with one attached hydrogen (secondary N) is 1. The minimum absolute atomic E-state index is 0.102. The summed E-state index contributed by atoms with van der Waals surface area (Å²) in [5.41, 5.74) is -0.340. The summed E-state index contributed by atoms with van der Waals surface area (Å²) >= 11 is 0. The number of ether oxygens (including phenoxy) is 1. The Labute approximate surface area is 106 Å². The number of hydrogen-bond acceptors (Lipinski definition) is 3. The molecule has 0 radical (unpaired) electrons. The number of carbonyl (C=O) groups is 1. The maximum Gasteiger partial charge on any atom is 0.410 e. The van der Waals surface area contributed by atoms with Gasteiger partial charge in [0, 0.05) is 19.6 Å². The standard InChI is InChI=1S/C13H28N2O2/c1-12(2,3)10(14-7)9-15(8)11(16)17-13(4,5)6/h10,14H,9H2,1-8H3. The first-order chi connectivity index (χ1) is 7.47. The van der Waals surface area contributed by atoms with Crippen molar-refractivity contribution in [3.8, 4) is 0 Å². The van der Waals surface area contributed by atoms with Crippen LogP contribution in [0, 0.1) is 5.41 Å². The summed E-state index contributed by atoms with van der Waals surface area (Å²) in [6, 6.07) is 0.236. The van der Waals surface area contributed by atoms with E-state index in [-0.39, 0.29) is 17.6 Å². The lowest BCUT2D eigenvalue weighted by molar-refractivity contribution is 0.0260. The van der Waals surface area contributed by atoms with Crippen LogP contribution >= 0.6 is 0 Å². The third-order valence-electron chi connectivity index (χ3n) is 2.56. The van der Waals surface area contributed by atoms with Gasteiger partial charge in [0.2, 0.25) is 0 Å². The fourth-order valence-corrected chi connectivity index (χ4v) is 1.49. The second kappa shape index (κ2) is 5.71. The van der Waals surface area contributed by atoms with Crippen molar-refractivity contribution >= 4 is 6.09 Å². The lowest BCUT2D eigenvalue weighted by Crippen LogP contribution is -2.48. The van der Waals surface area contributed by atoms with Gasteiger partial charge in [-0.05, 0) is 33.2 Å². The molecule has 102 valence electrons. The largest absolute Gasteiger partial charge is 0.444 e. The SMILES string of the molecule is CNC(CN(C)C(=O)OC(C)(C)C)C(C)(C)C. The van der Waals surface area contributed by atoms with Crippen LogP contribution in [0.3, 0.4) is 0 Å². The van der Waals surface area contributed by atoms with E-state index in [1.54, 1.807) is 11.9 Å². The molecule has 4 heteroatoms. The molecule has 0 rings (SSSR count). The molecule has 17 heavy (non-hydrogen) atoms. The lowest BCUT2D eigenvalue weighted by atomic mass is 9.86. The zero-order valence-corrected chi connectivity index (χ0v) is 12.5. The molecular formula is C13H28N2O2. The second-order valence-electron chi connectivity index (χ2n) is 6.57. The van der Waals surface area contributed by atoms with Crippen molar-refractivity contribution in [2.45, 2.75) is 53.2 Å². The Morgan fingerprint density at radius 3 is 2.00 bits per heavy atom. The molecule has 0 bridgehead atoms. The zero-order valence-electron chi connectivity index (χ0n) is 12.5. The van der Waals surface area contributed by atoms with Crippen molar-refractivity contribution < 1.29 is 9.53 Å². The minimum Gasteiger partial charge on any atom is -0.444 e. The van der Waals surface area contributed by atoms with Gasteiger partial charge >= 0.3 is 6.09 Å². The molecule has 0 aliphatic heterocycles. The van der Waals surface area contributed by atoms with Gasteiger partial charge in [-0.2, -0.15) is 0 Å². The zero-order chi connectivity index (χ0) is 13.9. The summed E-state index contributed by atoms with van der Waals surface area (Å²) in [7, 11) is 3.68. The van der Waals surface area contributed by atoms with Crippen LogP contribution in [0.15, 0.2) is 0 Å². The molecule has 0 heterocycles. The molecular weight excluding hydrogens is 216 g/mol. The van der Waals surface area contributed by atoms with Gasteiger partial charge in [-0.3, -0.25) is 0 Å². The van der Waals surface area contributed by atoms with E-state index in [4.69, 9.17) is 4.74 Å². The van der Waals surface area contributed by atoms with Crippen LogP contribution in [0.5, 0.6) is 0 Å². The molecule has 0 spiro atoms. The second-order valence-corrected chi connectivity index (χ2v) is 6.57. The highest BCUT2D eigenvalue weighted by Crippen LogP contribution is 2.20. The lowest BCUT2D eigenvalue weighted by Gasteiger charge is -2.34. The molecule has 0 aliphatic carbocycles. The Bertz CT molecular complexity index is 251. The molecule has 1 amide bonds. The maximum atomic E-state index is 11.8. The van der Waals surface area contributed by atoms with Gasteiger partial charge in [0.15, 0.2) is 0 Å². The Balaban J connectivity index is 4.43. The third kappa shape index (κ3) is 6.51. The van der Waals surface area contributed by atoms with E-state index in [1.165, 1.54) is 0 Å². The van der Waals surface area contributed by atoms with Gasteiger partial charge in [0.05, 0.1) is 0 Å². The Morgan fingerprint density at radius 1 is 1.24 bits per heavy atom. The quantitative estimate of drug-likeness (QED) is 0.829. The molecule has 1 atom stereocenters. The van der Waals surface area contributed by atoms with Crippen molar-refractivity contribution in [1.82, 2.24) is 10.2 Å². The summed E-state index contributed by atoms with van der Waals surface area (Å²) < 4.78 is 5.32. The number of hydrogen-bond donors (Lipinski definition) is 1. The van der Waals surface area contributed by atoms with Gasteiger partial charge in [-0.15, -0.1) is 0 Å². The van der Waals surface area contributed by atoms with Gasteiger partial charge < -0.3 is 15.0 Å². The Kier molecular flexibility index (Phi) is 5.46. The first-order valence-corrected chi connectivity index (χ1v) is 6.09. The van der Waals surface area contributed by atoms with E-state index in [2.05, 4.69) is 26.1 Å². The molecule has 1 unspecified atom stereocenters. The molecule has 1 N–H and O–H groups in total.